The van der Waals surface area contributed by atoms with E-state index >= 15 is 0 Å². The number of carbonyl (C=O) groups is 2. The first-order valence-electron chi connectivity index (χ1n) is 9.32. The molecule has 4 rings (SSSR count). The number of nitrogens with one attached hydrogen (secondary N) is 1. The average Bonchev–Trinajstić information content (AvgIpc) is 3.03. The molecule has 1 atom stereocenters. The second kappa shape index (κ2) is 9.11. The van der Waals surface area contributed by atoms with Crippen LogP contribution in [0, 0.1) is 0 Å². The van der Waals surface area contributed by atoms with Crippen molar-refractivity contribution in [1.82, 2.24) is 0 Å². The van der Waals surface area contributed by atoms with E-state index in [2.05, 4.69) is 5.32 Å². The molecule has 1 unspecified atom stereocenters. The molecular weight excluding hydrogens is 416 g/mol. The highest BCUT2D eigenvalue weighted by molar-refractivity contribution is 8.24. The fraction of sp³-hybridized carbons (Fsp3) is 0.0870. The van der Waals surface area contributed by atoms with Crippen LogP contribution in [0.15, 0.2) is 84.9 Å². The number of carbonyl (C=O) groups excluding carboxylic acids is 2. The smallest absolute Gasteiger partial charge is 0.247 e. The van der Waals surface area contributed by atoms with Crippen LogP contribution in [0.4, 0.5) is 11.4 Å². The predicted molar refractivity (Wildman–Crippen MR) is 124 cm³/mol. The summed E-state index contributed by atoms with van der Waals surface area (Å²) in [5, 5.41) is 2.54. The summed E-state index contributed by atoms with van der Waals surface area (Å²) in [6.45, 7) is 0. The molecule has 1 heterocycles. The quantitative estimate of drug-likeness (QED) is 0.438. The molecule has 0 saturated carbocycles. The largest absolute Gasteiger partial charge is 0.457 e. The van der Waals surface area contributed by atoms with Crippen molar-refractivity contribution >= 4 is 51.5 Å². The van der Waals surface area contributed by atoms with E-state index in [1.807, 2.05) is 60.7 Å². The van der Waals surface area contributed by atoms with Gasteiger partial charge in [0, 0.05) is 12.1 Å². The summed E-state index contributed by atoms with van der Waals surface area (Å²) in [6.07, 6.45) is 0.113. The minimum Gasteiger partial charge on any atom is -0.457 e. The molecule has 150 valence electrons. The summed E-state index contributed by atoms with van der Waals surface area (Å²) in [4.78, 5) is 26.6. The maximum atomic E-state index is 12.8. The summed E-state index contributed by atoms with van der Waals surface area (Å²) in [6, 6.07) is 25.8. The van der Waals surface area contributed by atoms with Crippen molar-refractivity contribution < 1.29 is 14.3 Å². The minimum atomic E-state index is -0.540. The van der Waals surface area contributed by atoms with E-state index in [-0.39, 0.29) is 18.2 Å². The van der Waals surface area contributed by atoms with E-state index < -0.39 is 5.25 Å². The van der Waals surface area contributed by atoms with Gasteiger partial charge in [0.05, 0.1) is 5.69 Å². The molecule has 1 saturated heterocycles. The normalized spacial score (nSPS) is 15.9. The number of rotatable bonds is 5. The molecule has 1 aliphatic rings. The van der Waals surface area contributed by atoms with Gasteiger partial charge >= 0.3 is 0 Å². The molecular formula is C23H18N2O3S2. The van der Waals surface area contributed by atoms with Crippen molar-refractivity contribution in [3.63, 3.8) is 0 Å². The Morgan fingerprint density at radius 2 is 1.50 bits per heavy atom. The summed E-state index contributed by atoms with van der Waals surface area (Å²) in [7, 11) is 0. The zero-order valence-corrected chi connectivity index (χ0v) is 17.5. The van der Waals surface area contributed by atoms with Gasteiger partial charge in [-0.05, 0) is 48.5 Å². The van der Waals surface area contributed by atoms with Crippen LogP contribution in [0.1, 0.15) is 6.42 Å². The number of thioether (sulfide) groups is 1. The molecule has 5 nitrogen and oxygen atoms in total. The van der Waals surface area contributed by atoms with Crippen molar-refractivity contribution in [3.05, 3.63) is 84.9 Å². The molecule has 0 aliphatic carbocycles. The molecule has 2 amide bonds. The highest BCUT2D eigenvalue weighted by atomic mass is 32.2. The second-order valence-electron chi connectivity index (χ2n) is 6.57. The molecule has 1 aliphatic heterocycles. The number of benzene rings is 3. The van der Waals surface area contributed by atoms with Crippen molar-refractivity contribution in [2.45, 2.75) is 11.7 Å². The van der Waals surface area contributed by atoms with Crippen LogP contribution in [0.2, 0.25) is 0 Å². The van der Waals surface area contributed by atoms with E-state index in [9.17, 15) is 9.59 Å². The Kier molecular flexibility index (Phi) is 6.11. The van der Waals surface area contributed by atoms with Gasteiger partial charge in [-0.2, -0.15) is 0 Å². The van der Waals surface area contributed by atoms with Crippen LogP contribution in [-0.2, 0) is 9.59 Å². The van der Waals surface area contributed by atoms with Gasteiger partial charge in [0.25, 0.3) is 0 Å². The van der Waals surface area contributed by atoms with Crippen LogP contribution in [0.25, 0.3) is 0 Å². The molecule has 0 radical (unpaired) electrons. The highest BCUT2D eigenvalue weighted by Crippen LogP contribution is 2.32. The fourth-order valence-corrected chi connectivity index (χ4v) is 4.39. The molecule has 0 spiro atoms. The van der Waals surface area contributed by atoms with Crippen molar-refractivity contribution in [2.75, 3.05) is 10.2 Å². The lowest BCUT2D eigenvalue weighted by Gasteiger charge is -2.16. The molecule has 7 heteroatoms. The molecule has 1 fully saturated rings. The topological polar surface area (TPSA) is 58.6 Å². The molecule has 30 heavy (non-hydrogen) atoms. The second-order valence-corrected chi connectivity index (χ2v) is 8.45. The Bertz CT molecular complexity index is 1060. The van der Waals surface area contributed by atoms with E-state index in [0.717, 1.165) is 11.4 Å². The van der Waals surface area contributed by atoms with Crippen LogP contribution in [0.5, 0.6) is 11.5 Å². The van der Waals surface area contributed by atoms with E-state index in [0.29, 0.717) is 15.8 Å². The molecule has 1 N–H and O–H groups in total. The molecule has 0 bridgehead atoms. The first kappa shape index (κ1) is 20.1. The van der Waals surface area contributed by atoms with Crippen molar-refractivity contribution in [1.29, 1.82) is 0 Å². The number of hydrogen-bond donors (Lipinski definition) is 1. The van der Waals surface area contributed by atoms with Crippen LogP contribution < -0.4 is 15.0 Å². The fourth-order valence-electron chi connectivity index (χ4n) is 3.05. The summed E-state index contributed by atoms with van der Waals surface area (Å²) in [5.41, 5.74) is 1.37. The zero-order chi connectivity index (χ0) is 20.9. The third-order valence-corrected chi connectivity index (χ3v) is 5.81. The van der Waals surface area contributed by atoms with Crippen molar-refractivity contribution in [3.8, 4) is 11.5 Å². The van der Waals surface area contributed by atoms with Gasteiger partial charge in [0.1, 0.15) is 21.1 Å². The first-order valence-corrected chi connectivity index (χ1v) is 10.6. The van der Waals surface area contributed by atoms with Gasteiger partial charge in [-0.15, -0.1) is 0 Å². The van der Waals surface area contributed by atoms with Crippen LogP contribution in [0.3, 0.4) is 0 Å². The number of para-hydroxylation sites is 2. The zero-order valence-electron chi connectivity index (χ0n) is 15.9. The standard InChI is InChI=1S/C23H18N2O3S2/c26-21-15-20(30-23(29)24-16-7-3-1-4-8-16)22(27)25(21)17-11-13-19(14-12-17)28-18-9-5-2-6-10-18/h1-14,20H,15H2,(H,24,29). The van der Waals surface area contributed by atoms with Crippen LogP contribution >= 0.6 is 24.0 Å². The van der Waals surface area contributed by atoms with Gasteiger partial charge in [0.2, 0.25) is 11.8 Å². The van der Waals surface area contributed by atoms with E-state index in [4.69, 9.17) is 17.0 Å². The Balaban J connectivity index is 1.40. The number of hydrogen-bond acceptors (Lipinski definition) is 5. The van der Waals surface area contributed by atoms with Gasteiger partial charge in [-0.1, -0.05) is 60.4 Å². The molecule has 0 aromatic heterocycles. The first-order chi connectivity index (χ1) is 14.6. The monoisotopic (exact) mass is 434 g/mol. The lowest BCUT2D eigenvalue weighted by Crippen LogP contribution is -2.31. The SMILES string of the molecule is O=C1CC(SC(=S)Nc2ccccc2)C(=O)N1c1ccc(Oc2ccccc2)cc1. The minimum absolute atomic E-state index is 0.113. The number of imide groups is 1. The Morgan fingerprint density at radius 3 is 2.17 bits per heavy atom. The lowest BCUT2D eigenvalue weighted by atomic mass is 10.2. The third-order valence-electron chi connectivity index (χ3n) is 4.45. The van der Waals surface area contributed by atoms with Gasteiger partial charge in [-0.25, -0.2) is 4.90 Å². The van der Waals surface area contributed by atoms with E-state index in [1.165, 1.54) is 16.7 Å². The van der Waals surface area contributed by atoms with Crippen molar-refractivity contribution in [2.24, 2.45) is 0 Å². The average molecular weight is 435 g/mol. The predicted octanol–water partition coefficient (Wildman–Crippen LogP) is 5.24. The maximum absolute atomic E-state index is 12.8. The van der Waals surface area contributed by atoms with Gasteiger partial charge in [0.15, 0.2) is 0 Å². The highest BCUT2D eigenvalue weighted by Gasteiger charge is 2.40. The summed E-state index contributed by atoms with van der Waals surface area (Å²) < 4.78 is 6.22. The summed E-state index contributed by atoms with van der Waals surface area (Å²) in [5.74, 6) is 0.841. The summed E-state index contributed by atoms with van der Waals surface area (Å²) >= 11 is 6.55. The number of amides is 2. The van der Waals surface area contributed by atoms with Gasteiger partial charge < -0.3 is 10.1 Å². The van der Waals surface area contributed by atoms with Gasteiger partial charge in [-0.3, -0.25) is 9.59 Å². The Hall–Kier alpha value is -3.16. The van der Waals surface area contributed by atoms with Crippen LogP contribution in [-0.4, -0.2) is 21.4 Å². The number of nitrogens with zero attached hydrogens (tertiary/aromatic N) is 1. The lowest BCUT2D eigenvalue weighted by molar-refractivity contribution is -0.121. The number of thiocarbonyl (C=S) groups is 1. The molecule has 3 aromatic carbocycles. The van der Waals surface area contributed by atoms with E-state index in [1.54, 1.807) is 24.3 Å². The Labute approximate surface area is 184 Å². The molecule has 3 aromatic rings. The third kappa shape index (κ3) is 4.69. The maximum Gasteiger partial charge on any atom is 0.247 e. The number of anilines is 2. The Morgan fingerprint density at radius 1 is 0.900 bits per heavy atom. The number of ether oxygens (including phenoxy) is 1.